The average molecular weight is 227 g/mol. The molecule has 15 heavy (non-hydrogen) atoms. The highest BCUT2D eigenvalue weighted by Crippen LogP contribution is 2.46. The normalized spacial score (nSPS) is 17.5. The summed E-state index contributed by atoms with van der Waals surface area (Å²) in [6.07, 6.45) is 5.41. The van der Waals surface area contributed by atoms with Gasteiger partial charge in [-0.25, -0.2) is 4.98 Å². The molecule has 1 aromatic heterocycles. The predicted octanol–water partition coefficient (Wildman–Crippen LogP) is 2.23. The lowest BCUT2D eigenvalue weighted by Gasteiger charge is -2.14. The van der Waals surface area contributed by atoms with Crippen molar-refractivity contribution in [3.8, 4) is 0 Å². The van der Waals surface area contributed by atoms with E-state index < -0.39 is 6.08 Å². The number of rotatable bonds is 4. The molecule has 0 unspecified atom stereocenters. The second kappa shape index (κ2) is 3.96. The highest BCUT2D eigenvalue weighted by atomic mass is 32.2. The molecule has 82 valence electrons. The molecule has 5 heteroatoms. The molecule has 0 radical (unpaired) electrons. The summed E-state index contributed by atoms with van der Waals surface area (Å²) in [6.45, 7) is 2.73. The van der Waals surface area contributed by atoms with Crippen molar-refractivity contribution in [2.24, 2.45) is 0 Å². The van der Waals surface area contributed by atoms with Gasteiger partial charge in [-0.15, -0.1) is 0 Å². The first-order valence-corrected chi connectivity index (χ1v) is 6.16. The van der Waals surface area contributed by atoms with Gasteiger partial charge in [-0.3, -0.25) is 0 Å². The topological polar surface area (TPSA) is 37.8 Å². The minimum absolute atomic E-state index is 0.355. The smallest absolute Gasteiger partial charge is 0.310 e. The van der Waals surface area contributed by atoms with Crippen molar-refractivity contribution in [3.63, 3.8) is 0 Å². The molecule has 0 aliphatic heterocycles. The van der Waals surface area contributed by atoms with Gasteiger partial charge in [0.15, 0.2) is 0 Å². The van der Waals surface area contributed by atoms with Gasteiger partial charge >= 0.3 is 6.08 Å². The van der Waals surface area contributed by atoms with Crippen LogP contribution in [-0.4, -0.2) is 27.5 Å². The van der Waals surface area contributed by atoms with Gasteiger partial charge in [0, 0.05) is 23.1 Å². The van der Waals surface area contributed by atoms with E-state index in [0.29, 0.717) is 10.6 Å². The number of halogens is 1. The molecular weight excluding hydrogens is 213 g/mol. The van der Waals surface area contributed by atoms with Crippen LogP contribution in [0.3, 0.4) is 0 Å². The summed E-state index contributed by atoms with van der Waals surface area (Å²) in [5.74, 6) is 0.614. The van der Waals surface area contributed by atoms with Crippen LogP contribution in [0, 0.1) is 13.0 Å². The van der Waals surface area contributed by atoms with Crippen molar-refractivity contribution in [2.45, 2.75) is 24.5 Å². The molecular formula is C10H14FN3S. The van der Waals surface area contributed by atoms with Crippen molar-refractivity contribution in [2.75, 3.05) is 18.1 Å². The Morgan fingerprint density at radius 2 is 2.33 bits per heavy atom. The van der Waals surface area contributed by atoms with Crippen LogP contribution in [0.2, 0.25) is 0 Å². The van der Waals surface area contributed by atoms with E-state index in [9.17, 15) is 4.39 Å². The fourth-order valence-electron chi connectivity index (χ4n) is 1.44. The Hall–Kier alpha value is -0.840. The highest BCUT2D eigenvalue weighted by Gasteiger charge is 2.41. The molecule has 1 saturated carbocycles. The number of aromatic nitrogens is 2. The summed E-state index contributed by atoms with van der Waals surface area (Å²) < 4.78 is 13.2. The van der Waals surface area contributed by atoms with Crippen LogP contribution in [0.15, 0.2) is 6.20 Å². The predicted molar refractivity (Wildman–Crippen MR) is 60.7 cm³/mol. The van der Waals surface area contributed by atoms with E-state index in [4.69, 9.17) is 0 Å². The minimum atomic E-state index is -0.669. The standard InChI is InChI=1S/C10H14FN3S/c1-7-5-12-9(11)14-8(7)13-6-10(15-2)3-4-10/h5H,3-4,6H2,1-2H3,(H,12,13,14). The van der Waals surface area contributed by atoms with Gasteiger partial charge in [-0.05, 0) is 26.0 Å². The largest absolute Gasteiger partial charge is 0.368 e. The van der Waals surface area contributed by atoms with Crippen LogP contribution in [0.5, 0.6) is 0 Å². The Morgan fingerprint density at radius 1 is 1.60 bits per heavy atom. The van der Waals surface area contributed by atoms with Crippen LogP contribution in [0.25, 0.3) is 0 Å². The van der Waals surface area contributed by atoms with Crippen molar-refractivity contribution >= 4 is 17.6 Å². The lowest BCUT2D eigenvalue weighted by Crippen LogP contribution is -2.19. The van der Waals surface area contributed by atoms with Crippen molar-refractivity contribution in [1.82, 2.24) is 9.97 Å². The van der Waals surface area contributed by atoms with Gasteiger partial charge in [-0.1, -0.05) is 0 Å². The quantitative estimate of drug-likeness (QED) is 0.800. The van der Waals surface area contributed by atoms with E-state index in [2.05, 4.69) is 21.5 Å². The molecule has 1 N–H and O–H groups in total. The molecule has 0 aromatic carbocycles. The monoisotopic (exact) mass is 227 g/mol. The van der Waals surface area contributed by atoms with Crippen LogP contribution in [0.1, 0.15) is 18.4 Å². The fraction of sp³-hybridized carbons (Fsp3) is 0.600. The molecule has 1 aliphatic rings. The van der Waals surface area contributed by atoms with Gasteiger partial charge < -0.3 is 5.32 Å². The number of hydrogen-bond acceptors (Lipinski definition) is 4. The average Bonchev–Trinajstić information content (AvgIpc) is 3.00. The molecule has 1 aromatic rings. The number of thioether (sulfide) groups is 1. The fourth-order valence-corrected chi connectivity index (χ4v) is 2.16. The minimum Gasteiger partial charge on any atom is -0.368 e. The lowest BCUT2D eigenvalue weighted by molar-refractivity contribution is 0.539. The van der Waals surface area contributed by atoms with Crippen LogP contribution >= 0.6 is 11.8 Å². The van der Waals surface area contributed by atoms with Gasteiger partial charge in [-0.2, -0.15) is 21.1 Å². The molecule has 0 amide bonds. The summed E-state index contributed by atoms with van der Waals surface area (Å²) in [6, 6.07) is 0. The van der Waals surface area contributed by atoms with Crippen LogP contribution < -0.4 is 5.32 Å². The number of nitrogens with one attached hydrogen (secondary N) is 1. The molecule has 2 rings (SSSR count). The summed E-state index contributed by atoms with van der Waals surface area (Å²) in [4.78, 5) is 7.24. The van der Waals surface area contributed by atoms with Gasteiger partial charge in [0.25, 0.3) is 0 Å². The highest BCUT2D eigenvalue weighted by molar-refractivity contribution is 8.00. The molecule has 0 saturated heterocycles. The molecule has 1 fully saturated rings. The Balaban J connectivity index is 2.01. The first-order valence-electron chi connectivity index (χ1n) is 4.93. The first-order chi connectivity index (χ1) is 7.15. The van der Waals surface area contributed by atoms with E-state index in [0.717, 1.165) is 12.1 Å². The zero-order valence-corrected chi connectivity index (χ0v) is 9.70. The van der Waals surface area contributed by atoms with E-state index in [-0.39, 0.29) is 0 Å². The molecule has 3 nitrogen and oxygen atoms in total. The van der Waals surface area contributed by atoms with Crippen molar-refractivity contribution in [1.29, 1.82) is 0 Å². The number of anilines is 1. The van der Waals surface area contributed by atoms with Crippen molar-refractivity contribution in [3.05, 3.63) is 17.8 Å². The lowest BCUT2D eigenvalue weighted by atomic mass is 10.3. The Kier molecular flexibility index (Phi) is 2.82. The SMILES string of the molecule is CSC1(CNc2nc(F)ncc2C)CC1. The summed E-state index contributed by atoms with van der Waals surface area (Å²) in [7, 11) is 0. The van der Waals surface area contributed by atoms with Gasteiger partial charge in [0.1, 0.15) is 5.82 Å². The first kappa shape index (κ1) is 10.7. The molecule has 0 atom stereocenters. The second-order valence-corrected chi connectivity index (χ2v) is 5.19. The van der Waals surface area contributed by atoms with Crippen LogP contribution in [-0.2, 0) is 0 Å². The molecule has 0 bridgehead atoms. The third-order valence-corrected chi connectivity index (χ3v) is 4.18. The van der Waals surface area contributed by atoms with E-state index in [1.165, 1.54) is 19.0 Å². The second-order valence-electron chi connectivity index (χ2n) is 3.91. The third kappa shape index (κ3) is 2.40. The van der Waals surface area contributed by atoms with E-state index in [1.54, 1.807) is 0 Å². The number of nitrogens with zero attached hydrogens (tertiary/aromatic N) is 2. The zero-order chi connectivity index (χ0) is 10.9. The number of aryl methyl sites for hydroxylation is 1. The summed E-state index contributed by atoms with van der Waals surface area (Å²) >= 11 is 1.87. The maximum Gasteiger partial charge on any atom is 0.310 e. The number of hydrogen-bond donors (Lipinski definition) is 1. The Morgan fingerprint density at radius 3 is 2.93 bits per heavy atom. The summed E-state index contributed by atoms with van der Waals surface area (Å²) in [5, 5.41) is 3.20. The van der Waals surface area contributed by atoms with Crippen LogP contribution in [0.4, 0.5) is 10.2 Å². The van der Waals surface area contributed by atoms with E-state index in [1.807, 2.05) is 18.7 Å². The maximum absolute atomic E-state index is 12.8. The third-order valence-electron chi connectivity index (χ3n) is 2.76. The van der Waals surface area contributed by atoms with Crippen molar-refractivity contribution < 1.29 is 4.39 Å². The zero-order valence-electron chi connectivity index (χ0n) is 8.88. The Bertz CT molecular complexity index is 366. The van der Waals surface area contributed by atoms with E-state index >= 15 is 0 Å². The molecule has 1 aliphatic carbocycles. The van der Waals surface area contributed by atoms with Gasteiger partial charge in [0.2, 0.25) is 0 Å². The van der Waals surface area contributed by atoms with Gasteiger partial charge in [0.05, 0.1) is 0 Å². The molecule has 1 heterocycles. The maximum atomic E-state index is 12.8. The molecule has 0 spiro atoms. The summed E-state index contributed by atoms with van der Waals surface area (Å²) in [5.41, 5.74) is 0.883. The Labute approximate surface area is 92.9 Å².